The van der Waals surface area contributed by atoms with Crippen molar-refractivity contribution in [2.75, 3.05) is 6.54 Å². The predicted molar refractivity (Wildman–Crippen MR) is 49.8 cm³/mol. The lowest BCUT2D eigenvalue weighted by Gasteiger charge is -2.25. The van der Waals surface area contributed by atoms with E-state index in [1.807, 2.05) is 12.3 Å². The summed E-state index contributed by atoms with van der Waals surface area (Å²) in [5.41, 5.74) is 3.65. The third-order valence-electron chi connectivity index (χ3n) is 2.96. The maximum atomic E-state index is 11.6. The summed E-state index contributed by atoms with van der Waals surface area (Å²) >= 11 is 0. The van der Waals surface area contributed by atoms with E-state index < -0.39 is 0 Å². The minimum Gasteiger partial charge on any atom is -0.340 e. The summed E-state index contributed by atoms with van der Waals surface area (Å²) in [7, 11) is 0. The third-order valence-corrected chi connectivity index (χ3v) is 2.96. The molecule has 2 heteroatoms. The molecule has 0 amide bonds. The van der Waals surface area contributed by atoms with Gasteiger partial charge in [-0.3, -0.25) is 4.79 Å². The third kappa shape index (κ3) is 0.857. The van der Waals surface area contributed by atoms with Crippen molar-refractivity contribution < 1.29 is 4.79 Å². The Morgan fingerprint density at radius 3 is 3.15 bits per heavy atom. The first-order valence-corrected chi connectivity index (χ1v) is 4.77. The topological polar surface area (TPSA) is 20.3 Å². The number of ketones is 1. The minimum atomic E-state index is 0.326. The Hall–Kier alpha value is -1.31. The predicted octanol–water partition coefficient (Wildman–Crippen LogP) is 1.76. The summed E-state index contributed by atoms with van der Waals surface area (Å²) in [6.45, 7) is 0.568. The summed E-state index contributed by atoms with van der Waals surface area (Å²) in [6.07, 6.45) is 9.44. The first-order chi connectivity index (χ1) is 6.36. The number of hydrogen-bond donors (Lipinski definition) is 0. The van der Waals surface area contributed by atoms with Gasteiger partial charge in [-0.05, 0) is 30.9 Å². The van der Waals surface area contributed by atoms with E-state index in [0.29, 0.717) is 12.3 Å². The number of carbonyl (C=O) groups excluding carboxylic acids is 1. The molecule has 0 atom stereocenters. The van der Waals surface area contributed by atoms with Crippen molar-refractivity contribution in [1.82, 2.24) is 4.90 Å². The summed E-state index contributed by atoms with van der Waals surface area (Å²) in [5, 5.41) is 0. The van der Waals surface area contributed by atoms with E-state index in [1.165, 1.54) is 11.3 Å². The van der Waals surface area contributed by atoms with E-state index in [9.17, 15) is 4.79 Å². The van der Waals surface area contributed by atoms with Crippen LogP contribution in [0.3, 0.4) is 0 Å². The van der Waals surface area contributed by atoms with E-state index in [0.717, 1.165) is 24.8 Å². The second-order valence-corrected chi connectivity index (χ2v) is 3.77. The van der Waals surface area contributed by atoms with Gasteiger partial charge in [0.1, 0.15) is 0 Å². The van der Waals surface area contributed by atoms with Gasteiger partial charge in [0.05, 0.1) is 12.2 Å². The monoisotopic (exact) mass is 173 g/mol. The summed E-state index contributed by atoms with van der Waals surface area (Å²) in [4.78, 5) is 13.7. The molecule has 0 unspecified atom stereocenters. The van der Waals surface area contributed by atoms with E-state index in [2.05, 4.69) is 11.0 Å². The molecule has 0 bridgehead atoms. The SMILES string of the molecule is O=C1CN2C=CC=C3CCCC1=C32. The van der Waals surface area contributed by atoms with Crippen molar-refractivity contribution in [3.05, 3.63) is 35.2 Å². The summed E-state index contributed by atoms with van der Waals surface area (Å²) in [6, 6.07) is 0. The van der Waals surface area contributed by atoms with Gasteiger partial charge < -0.3 is 4.90 Å². The lowest BCUT2D eigenvalue weighted by atomic mass is 9.91. The van der Waals surface area contributed by atoms with E-state index >= 15 is 0 Å². The fraction of sp³-hybridized carbons (Fsp3) is 0.364. The molecule has 0 aromatic heterocycles. The van der Waals surface area contributed by atoms with Gasteiger partial charge in [0.2, 0.25) is 0 Å². The molecule has 1 aliphatic carbocycles. The first kappa shape index (κ1) is 7.13. The van der Waals surface area contributed by atoms with Crippen molar-refractivity contribution >= 4 is 5.78 Å². The molecule has 3 aliphatic rings. The quantitative estimate of drug-likeness (QED) is 0.556. The highest BCUT2D eigenvalue weighted by Crippen LogP contribution is 2.38. The average molecular weight is 173 g/mol. The van der Waals surface area contributed by atoms with Crippen LogP contribution in [-0.2, 0) is 4.79 Å². The number of nitrogens with zero attached hydrogens (tertiary/aromatic N) is 1. The van der Waals surface area contributed by atoms with Gasteiger partial charge in [-0.2, -0.15) is 0 Å². The first-order valence-electron chi connectivity index (χ1n) is 4.77. The molecule has 0 radical (unpaired) electrons. The molecule has 0 saturated carbocycles. The second-order valence-electron chi connectivity index (χ2n) is 3.77. The normalized spacial score (nSPS) is 25.1. The Morgan fingerprint density at radius 2 is 2.23 bits per heavy atom. The number of Topliss-reactive ketones (excluding diaryl/α,β-unsaturated/α-hetero) is 1. The van der Waals surface area contributed by atoms with Gasteiger partial charge in [-0.15, -0.1) is 0 Å². The molecule has 0 spiro atoms. The molecule has 3 rings (SSSR count). The molecule has 0 N–H and O–H groups in total. The Morgan fingerprint density at radius 1 is 1.31 bits per heavy atom. The van der Waals surface area contributed by atoms with Gasteiger partial charge >= 0.3 is 0 Å². The van der Waals surface area contributed by atoms with Crippen LogP contribution >= 0.6 is 0 Å². The molecule has 0 saturated heterocycles. The van der Waals surface area contributed by atoms with Gasteiger partial charge in [0.25, 0.3) is 0 Å². The Kier molecular flexibility index (Phi) is 1.29. The van der Waals surface area contributed by atoms with Crippen molar-refractivity contribution in [3.8, 4) is 0 Å². The van der Waals surface area contributed by atoms with Crippen molar-refractivity contribution in [2.45, 2.75) is 19.3 Å². The largest absolute Gasteiger partial charge is 0.340 e. The highest BCUT2D eigenvalue weighted by Gasteiger charge is 2.33. The zero-order chi connectivity index (χ0) is 8.84. The van der Waals surface area contributed by atoms with Gasteiger partial charge in [0.15, 0.2) is 5.78 Å². The molecule has 0 fully saturated rings. The second kappa shape index (κ2) is 2.34. The Bertz CT molecular complexity index is 374. The van der Waals surface area contributed by atoms with E-state index in [-0.39, 0.29) is 0 Å². The molecule has 0 aromatic rings. The van der Waals surface area contributed by atoms with Crippen LogP contribution in [0.4, 0.5) is 0 Å². The van der Waals surface area contributed by atoms with Crippen LogP contribution < -0.4 is 0 Å². The van der Waals surface area contributed by atoms with Crippen molar-refractivity contribution in [2.24, 2.45) is 0 Å². The zero-order valence-electron chi connectivity index (χ0n) is 7.42. The molecule has 2 nitrogen and oxygen atoms in total. The van der Waals surface area contributed by atoms with Crippen LogP contribution in [0.1, 0.15) is 19.3 Å². The number of allylic oxidation sites excluding steroid dienone is 3. The lowest BCUT2D eigenvalue weighted by molar-refractivity contribution is -0.114. The number of hydrogen-bond acceptors (Lipinski definition) is 2. The Labute approximate surface area is 77.2 Å². The smallest absolute Gasteiger partial charge is 0.180 e. The Balaban J connectivity index is 2.20. The molecular formula is C11H11NO. The number of rotatable bonds is 0. The molecule has 13 heavy (non-hydrogen) atoms. The van der Waals surface area contributed by atoms with Gasteiger partial charge in [0, 0.05) is 11.8 Å². The van der Waals surface area contributed by atoms with Crippen LogP contribution in [-0.4, -0.2) is 17.2 Å². The van der Waals surface area contributed by atoms with Crippen LogP contribution in [0.25, 0.3) is 0 Å². The fourth-order valence-electron chi connectivity index (χ4n) is 2.40. The molecule has 0 aromatic carbocycles. The van der Waals surface area contributed by atoms with E-state index in [4.69, 9.17) is 0 Å². The van der Waals surface area contributed by atoms with Gasteiger partial charge in [-0.1, -0.05) is 6.08 Å². The van der Waals surface area contributed by atoms with E-state index in [1.54, 1.807) is 0 Å². The number of carbonyl (C=O) groups is 1. The molecule has 2 heterocycles. The standard InChI is InChI=1S/C11H11NO/c13-10-7-12-6-2-4-8-3-1-5-9(10)11(8)12/h2,4,6H,1,3,5,7H2. The highest BCUT2D eigenvalue weighted by atomic mass is 16.1. The van der Waals surface area contributed by atoms with Crippen molar-refractivity contribution in [1.29, 1.82) is 0 Å². The maximum absolute atomic E-state index is 11.6. The lowest BCUT2D eigenvalue weighted by Crippen LogP contribution is -2.18. The minimum absolute atomic E-state index is 0.326. The maximum Gasteiger partial charge on any atom is 0.180 e. The summed E-state index contributed by atoms with van der Waals surface area (Å²) < 4.78 is 0. The van der Waals surface area contributed by atoms with Crippen LogP contribution in [0.15, 0.2) is 35.2 Å². The fourth-order valence-corrected chi connectivity index (χ4v) is 2.40. The summed E-state index contributed by atoms with van der Waals surface area (Å²) in [5.74, 6) is 0.326. The molecule has 2 aliphatic heterocycles. The average Bonchev–Trinajstić information content (AvgIpc) is 2.47. The van der Waals surface area contributed by atoms with Crippen LogP contribution in [0, 0.1) is 0 Å². The highest BCUT2D eigenvalue weighted by molar-refractivity contribution is 6.01. The molecule has 66 valence electrons. The molecular weight excluding hydrogens is 162 g/mol. The van der Waals surface area contributed by atoms with Gasteiger partial charge in [-0.25, -0.2) is 0 Å². The zero-order valence-corrected chi connectivity index (χ0v) is 7.42. The van der Waals surface area contributed by atoms with Crippen molar-refractivity contribution in [3.63, 3.8) is 0 Å². The van der Waals surface area contributed by atoms with Crippen LogP contribution in [0.5, 0.6) is 0 Å². The van der Waals surface area contributed by atoms with Crippen LogP contribution in [0.2, 0.25) is 0 Å².